The SMILES string of the molecule is C/C=C\[C@H]1CC[C@H](c2ccc(-c3ccc(F)c(F)c3)cc2)CC1. The van der Waals surface area contributed by atoms with Gasteiger partial charge in [-0.15, -0.1) is 0 Å². The Hall–Kier alpha value is -1.96. The van der Waals surface area contributed by atoms with Crippen LogP contribution in [0.25, 0.3) is 11.1 Å². The molecule has 1 fully saturated rings. The van der Waals surface area contributed by atoms with Gasteiger partial charge in [0.15, 0.2) is 11.6 Å². The van der Waals surface area contributed by atoms with Crippen molar-refractivity contribution >= 4 is 0 Å². The first-order valence-corrected chi connectivity index (χ1v) is 8.35. The van der Waals surface area contributed by atoms with Crippen LogP contribution in [0.15, 0.2) is 54.6 Å². The van der Waals surface area contributed by atoms with E-state index in [1.807, 2.05) is 12.1 Å². The average Bonchev–Trinajstić information content (AvgIpc) is 2.59. The van der Waals surface area contributed by atoms with Gasteiger partial charge in [0, 0.05) is 0 Å². The molecular weight excluding hydrogens is 290 g/mol. The van der Waals surface area contributed by atoms with E-state index in [4.69, 9.17) is 0 Å². The Morgan fingerprint density at radius 2 is 1.48 bits per heavy atom. The number of allylic oxidation sites excluding steroid dienone is 2. The van der Waals surface area contributed by atoms with E-state index in [0.29, 0.717) is 11.5 Å². The molecule has 120 valence electrons. The molecule has 1 saturated carbocycles. The van der Waals surface area contributed by atoms with Gasteiger partial charge in [-0.25, -0.2) is 8.78 Å². The van der Waals surface area contributed by atoms with Gasteiger partial charge in [-0.1, -0.05) is 42.5 Å². The van der Waals surface area contributed by atoms with Crippen LogP contribution in [0, 0.1) is 17.6 Å². The zero-order valence-corrected chi connectivity index (χ0v) is 13.4. The van der Waals surface area contributed by atoms with Crippen LogP contribution >= 0.6 is 0 Å². The number of rotatable bonds is 3. The van der Waals surface area contributed by atoms with Gasteiger partial charge >= 0.3 is 0 Å². The maximum atomic E-state index is 13.4. The van der Waals surface area contributed by atoms with Crippen LogP contribution in [0.4, 0.5) is 8.78 Å². The van der Waals surface area contributed by atoms with Crippen LogP contribution in [0.2, 0.25) is 0 Å². The van der Waals surface area contributed by atoms with Crippen LogP contribution in [-0.4, -0.2) is 0 Å². The summed E-state index contributed by atoms with van der Waals surface area (Å²) in [5.41, 5.74) is 3.00. The standard InChI is InChI=1S/C21H22F2/c1-2-3-15-4-6-16(7-5-15)17-8-10-18(11-9-17)19-12-13-20(22)21(23)14-19/h2-3,8-16H,4-7H2,1H3/b3-2-/t15-,16-. The zero-order valence-electron chi connectivity index (χ0n) is 13.4. The van der Waals surface area contributed by atoms with Crippen molar-refractivity contribution in [2.24, 2.45) is 5.92 Å². The molecule has 0 aromatic heterocycles. The molecule has 0 spiro atoms. The molecule has 23 heavy (non-hydrogen) atoms. The lowest BCUT2D eigenvalue weighted by Gasteiger charge is -2.27. The van der Waals surface area contributed by atoms with Gasteiger partial charge in [-0.2, -0.15) is 0 Å². The van der Waals surface area contributed by atoms with Crippen molar-refractivity contribution in [2.75, 3.05) is 0 Å². The first kappa shape index (κ1) is 15.9. The first-order chi connectivity index (χ1) is 11.2. The smallest absolute Gasteiger partial charge is 0.159 e. The summed E-state index contributed by atoms with van der Waals surface area (Å²) >= 11 is 0. The van der Waals surface area contributed by atoms with Gasteiger partial charge < -0.3 is 0 Å². The Balaban J connectivity index is 1.71. The summed E-state index contributed by atoms with van der Waals surface area (Å²) in [6, 6.07) is 12.4. The van der Waals surface area contributed by atoms with Crippen LogP contribution in [-0.2, 0) is 0 Å². The minimum atomic E-state index is -0.803. The third kappa shape index (κ3) is 3.69. The molecule has 2 aromatic rings. The fraction of sp³-hybridized carbons (Fsp3) is 0.333. The molecule has 0 amide bonds. The number of halogens is 2. The quantitative estimate of drug-likeness (QED) is 0.569. The summed E-state index contributed by atoms with van der Waals surface area (Å²) in [5, 5.41) is 0. The second kappa shape index (κ2) is 7.08. The molecular formula is C21H22F2. The lowest BCUT2D eigenvalue weighted by molar-refractivity contribution is 0.376. The summed E-state index contributed by atoms with van der Waals surface area (Å²) in [6.07, 6.45) is 9.42. The van der Waals surface area contributed by atoms with Crippen molar-refractivity contribution in [3.63, 3.8) is 0 Å². The molecule has 2 heteroatoms. The Morgan fingerprint density at radius 1 is 0.826 bits per heavy atom. The Labute approximate surface area is 136 Å². The molecule has 0 saturated heterocycles. The average molecular weight is 312 g/mol. The summed E-state index contributed by atoms with van der Waals surface area (Å²) in [4.78, 5) is 0. The predicted molar refractivity (Wildman–Crippen MR) is 91.3 cm³/mol. The molecule has 0 nitrogen and oxygen atoms in total. The van der Waals surface area contributed by atoms with Gasteiger partial charge in [-0.05, 0) is 73.3 Å². The maximum Gasteiger partial charge on any atom is 0.159 e. The molecule has 2 aromatic carbocycles. The third-order valence-electron chi connectivity index (χ3n) is 4.87. The number of hydrogen-bond donors (Lipinski definition) is 0. The van der Waals surface area contributed by atoms with Crippen molar-refractivity contribution in [3.05, 3.63) is 71.8 Å². The highest BCUT2D eigenvalue weighted by molar-refractivity contribution is 5.63. The van der Waals surface area contributed by atoms with Gasteiger partial charge in [-0.3, -0.25) is 0 Å². The molecule has 0 aliphatic heterocycles. The second-order valence-corrected chi connectivity index (χ2v) is 6.39. The van der Waals surface area contributed by atoms with Gasteiger partial charge in [0.25, 0.3) is 0 Å². The molecule has 0 unspecified atom stereocenters. The lowest BCUT2D eigenvalue weighted by atomic mass is 9.78. The fourth-order valence-corrected chi connectivity index (χ4v) is 3.54. The van der Waals surface area contributed by atoms with Crippen molar-refractivity contribution in [1.82, 2.24) is 0 Å². The van der Waals surface area contributed by atoms with Gasteiger partial charge in [0.2, 0.25) is 0 Å². The van der Waals surface area contributed by atoms with E-state index in [1.54, 1.807) is 6.07 Å². The lowest BCUT2D eigenvalue weighted by Crippen LogP contribution is -2.11. The van der Waals surface area contributed by atoms with E-state index in [2.05, 4.69) is 31.2 Å². The number of benzene rings is 2. The molecule has 0 N–H and O–H groups in total. The summed E-state index contributed by atoms with van der Waals surface area (Å²) in [6.45, 7) is 2.09. The first-order valence-electron chi connectivity index (χ1n) is 8.35. The molecule has 0 radical (unpaired) electrons. The predicted octanol–water partition coefficient (Wildman–Crippen LogP) is 6.48. The van der Waals surface area contributed by atoms with Crippen molar-refractivity contribution in [1.29, 1.82) is 0 Å². The Kier molecular flexibility index (Phi) is 4.90. The van der Waals surface area contributed by atoms with Crippen molar-refractivity contribution < 1.29 is 8.78 Å². The monoisotopic (exact) mass is 312 g/mol. The maximum absolute atomic E-state index is 13.4. The fourth-order valence-electron chi connectivity index (χ4n) is 3.54. The molecule has 1 aliphatic carbocycles. The highest BCUT2D eigenvalue weighted by atomic mass is 19.2. The van der Waals surface area contributed by atoms with Gasteiger partial charge in [0.1, 0.15) is 0 Å². The minimum absolute atomic E-state index is 0.621. The zero-order chi connectivity index (χ0) is 16.2. The topological polar surface area (TPSA) is 0 Å². The molecule has 0 atom stereocenters. The summed E-state index contributed by atoms with van der Waals surface area (Å²) < 4.78 is 26.4. The largest absolute Gasteiger partial charge is 0.204 e. The molecule has 0 heterocycles. The third-order valence-corrected chi connectivity index (χ3v) is 4.87. The highest BCUT2D eigenvalue weighted by Gasteiger charge is 2.20. The van der Waals surface area contributed by atoms with E-state index >= 15 is 0 Å². The Morgan fingerprint density at radius 3 is 2.09 bits per heavy atom. The van der Waals surface area contributed by atoms with E-state index in [0.717, 1.165) is 11.5 Å². The van der Waals surface area contributed by atoms with E-state index in [9.17, 15) is 8.78 Å². The van der Waals surface area contributed by atoms with Crippen LogP contribution < -0.4 is 0 Å². The van der Waals surface area contributed by atoms with Crippen LogP contribution in [0.3, 0.4) is 0 Å². The van der Waals surface area contributed by atoms with E-state index in [-0.39, 0.29) is 0 Å². The Bertz CT molecular complexity index is 677. The summed E-state index contributed by atoms with van der Waals surface area (Å²) in [7, 11) is 0. The molecule has 0 bridgehead atoms. The second-order valence-electron chi connectivity index (χ2n) is 6.39. The van der Waals surface area contributed by atoms with Crippen molar-refractivity contribution in [3.8, 4) is 11.1 Å². The molecule has 1 aliphatic rings. The number of hydrogen-bond acceptors (Lipinski definition) is 0. The highest BCUT2D eigenvalue weighted by Crippen LogP contribution is 2.37. The minimum Gasteiger partial charge on any atom is -0.204 e. The normalized spacial score (nSPS) is 21.7. The van der Waals surface area contributed by atoms with Crippen molar-refractivity contribution in [2.45, 2.75) is 38.5 Å². The van der Waals surface area contributed by atoms with Crippen LogP contribution in [0.5, 0.6) is 0 Å². The summed E-state index contributed by atoms with van der Waals surface area (Å²) in [5.74, 6) is -0.245. The van der Waals surface area contributed by atoms with E-state index in [1.165, 1.54) is 43.4 Å². The molecule has 3 rings (SSSR count). The van der Waals surface area contributed by atoms with E-state index < -0.39 is 11.6 Å². The van der Waals surface area contributed by atoms with Crippen LogP contribution in [0.1, 0.15) is 44.1 Å². The van der Waals surface area contributed by atoms with Gasteiger partial charge in [0.05, 0.1) is 0 Å².